The summed E-state index contributed by atoms with van der Waals surface area (Å²) in [6, 6.07) is 8.88. The zero-order valence-corrected chi connectivity index (χ0v) is 14.7. The van der Waals surface area contributed by atoms with Crippen LogP contribution in [0.4, 0.5) is 0 Å². The number of ether oxygens (including phenoxy) is 1. The Morgan fingerprint density at radius 1 is 1.38 bits per heavy atom. The largest absolute Gasteiger partial charge is 0.375 e. The minimum Gasteiger partial charge on any atom is -0.375 e. The monoisotopic (exact) mass is 351 g/mol. The summed E-state index contributed by atoms with van der Waals surface area (Å²) in [7, 11) is 0. The van der Waals surface area contributed by atoms with Crippen molar-refractivity contribution in [2.45, 2.75) is 51.0 Å². The van der Waals surface area contributed by atoms with Gasteiger partial charge in [-0.15, -0.1) is 0 Å². The smallest absolute Gasteiger partial charge is 0.0657 e. The fourth-order valence-electron chi connectivity index (χ4n) is 4.29. The van der Waals surface area contributed by atoms with Crippen LogP contribution >= 0.6 is 15.9 Å². The molecular formula is C18H26BrNO. The molecule has 3 heteroatoms. The maximum atomic E-state index is 6.12. The van der Waals surface area contributed by atoms with E-state index in [1.807, 2.05) is 0 Å². The molecule has 1 aromatic rings. The molecule has 1 spiro atoms. The van der Waals surface area contributed by atoms with Crippen molar-refractivity contribution in [1.29, 1.82) is 0 Å². The number of rotatable bonds is 2. The topological polar surface area (TPSA) is 21.3 Å². The number of piperidine rings is 1. The van der Waals surface area contributed by atoms with E-state index in [4.69, 9.17) is 4.74 Å². The van der Waals surface area contributed by atoms with Crippen molar-refractivity contribution in [2.75, 3.05) is 19.7 Å². The molecule has 0 aliphatic carbocycles. The van der Waals surface area contributed by atoms with Gasteiger partial charge in [-0.05, 0) is 62.3 Å². The van der Waals surface area contributed by atoms with E-state index in [0.717, 1.165) is 26.1 Å². The summed E-state index contributed by atoms with van der Waals surface area (Å²) in [4.78, 5) is 0. The summed E-state index contributed by atoms with van der Waals surface area (Å²) in [5.41, 5.74) is 1.92. The normalized spacial score (nSPS) is 36.8. The van der Waals surface area contributed by atoms with E-state index in [9.17, 15) is 0 Å². The molecule has 21 heavy (non-hydrogen) atoms. The van der Waals surface area contributed by atoms with Crippen molar-refractivity contribution < 1.29 is 4.74 Å². The van der Waals surface area contributed by atoms with Gasteiger partial charge < -0.3 is 10.1 Å². The minimum atomic E-state index is 0.0554. The van der Waals surface area contributed by atoms with Gasteiger partial charge in [0.2, 0.25) is 0 Å². The van der Waals surface area contributed by atoms with Gasteiger partial charge >= 0.3 is 0 Å². The molecule has 0 radical (unpaired) electrons. The summed E-state index contributed by atoms with van der Waals surface area (Å²) < 4.78 is 7.31. The lowest BCUT2D eigenvalue weighted by molar-refractivity contribution is -0.130. The zero-order valence-electron chi connectivity index (χ0n) is 13.1. The summed E-state index contributed by atoms with van der Waals surface area (Å²) in [5.74, 6) is 0.596. The molecule has 3 unspecified atom stereocenters. The first-order valence-corrected chi connectivity index (χ1v) is 8.96. The molecule has 3 atom stereocenters. The van der Waals surface area contributed by atoms with E-state index in [-0.39, 0.29) is 5.60 Å². The third-order valence-electron chi connectivity index (χ3n) is 5.66. The molecule has 2 aliphatic heterocycles. The maximum Gasteiger partial charge on any atom is 0.0657 e. The second kappa shape index (κ2) is 6.02. The van der Waals surface area contributed by atoms with Crippen LogP contribution in [0.3, 0.4) is 0 Å². The molecule has 0 bridgehead atoms. The van der Waals surface area contributed by atoms with Gasteiger partial charge in [0.15, 0.2) is 0 Å². The SMILES string of the molecule is CCC1(C)CC2(CCNCC2c2cccc(Br)c2)CCO1. The van der Waals surface area contributed by atoms with Crippen molar-refractivity contribution >= 4 is 15.9 Å². The molecule has 3 rings (SSSR count). The molecule has 1 N–H and O–H groups in total. The second-order valence-corrected chi connectivity index (χ2v) is 7.92. The number of hydrogen-bond acceptors (Lipinski definition) is 2. The Morgan fingerprint density at radius 3 is 3.00 bits per heavy atom. The Labute approximate surface area is 136 Å². The van der Waals surface area contributed by atoms with Crippen molar-refractivity contribution in [3.05, 3.63) is 34.3 Å². The first-order valence-electron chi connectivity index (χ1n) is 8.17. The first-order chi connectivity index (χ1) is 10.1. The molecule has 0 saturated carbocycles. The van der Waals surface area contributed by atoms with Crippen molar-refractivity contribution in [1.82, 2.24) is 5.32 Å². The molecule has 0 aromatic heterocycles. The number of benzene rings is 1. The summed E-state index contributed by atoms with van der Waals surface area (Å²) in [6.07, 6.45) is 4.76. The Kier molecular flexibility index (Phi) is 4.45. The van der Waals surface area contributed by atoms with Gasteiger partial charge in [0.25, 0.3) is 0 Å². The first kappa shape index (κ1) is 15.5. The Morgan fingerprint density at radius 2 is 2.24 bits per heavy atom. The highest BCUT2D eigenvalue weighted by atomic mass is 79.9. The molecule has 116 valence electrons. The van der Waals surface area contributed by atoms with Gasteiger partial charge in [-0.25, -0.2) is 0 Å². The lowest BCUT2D eigenvalue weighted by Crippen LogP contribution is -2.51. The minimum absolute atomic E-state index is 0.0554. The highest BCUT2D eigenvalue weighted by Gasteiger charge is 2.48. The van der Waals surface area contributed by atoms with Gasteiger partial charge in [0.1, 0.15) is 0 Å². The van der Waals surface area contributed by atoms with Gasteiger partial charge in [-0.1, -0.05) is 35.0 Å². The zero-order chi connectivity index (χ0) is 14.9. The molecule has 2 nitrogen and oxygen atoms in total. The van der Waals surface area contributed by atoms with Crippen LogP contribution in [0, 0.1) is 5.41 Å². The number of halogens is 1. The predicted molar refractivity (Wildman–Crippen MR) is 90.7 cm³/mol. The molecular weight excluding hydrogens is 326 g/mol. The Balaban J connectivity index is 1.94. The van der Waals surface area contributed by atoms with Crippen LogP contribution in [-0.2, 0) is 4.74 Å². The lowest BCUT2D eigenvalue weighted by atomic mass is 9.60. The summed E-state index contributed by atoms with van der Waals surface area (Å²) >= 11 is 3.63. The van der Waals surface area contributed by atoms with Crippen LogP contribution in [0.1, 0.15) is 51.0 Å². The Bertz CT molecular complexity index is 502. The third-order valence-corrected chi connectivity index (χ3v) is 6.16. The average Bonchev–Trinajstić information content (AvgIpc) is 2.48. The molecule has 1 aromatic carbocycles. The van der Waals surface area contributed by atoms with E-state index in [1.165, 1.54) is 29.3 Å². The predicted octanol–water partition coefficient (Wildman–Crippen LogP) is 4.49. The number of hydrogen-bond donors (Lipinski definition) is 1. The molecule has 2 saturated heterocycles. The highest BCUT2D eigenvalue weighted by Crippen LogP contribution is 2.52. The maximum absolute atomic E-state index is 6.12. The van der Waals surface area contributed by atoms with Crippen molar-refractivity contribution in [3.8, 4) is 0 Å². The van der Waals surface area contributed by atoms with Gasteiger partial charge in [0.05, 0.1) is 5.60 Å². The fraction of sp³-hybridized carbons (Fsp3) is 0.667. The van der Waals surface area contributed by atoms with Gasteiger partial charge in [-0.2, -0.15) is 0 Å². The van der Waals surface area contributed by atoms with Gasteiger partial charge in [0, 0.05) is 23.5 Å². The average molecular weight is 352 g/mol. The van der Waals surface area contributed by atoms with E-state index >= 15 is 0 Å². The van der Waals surface area contributed by atoms with E-state index in [2.05, 4.69) is 59.4 Å². The number of nitrogens with one attached hydrogen (secondary N) is 1. The van der Waals surface area contributed by atoms with Crippen LogP contribution < -0.4 is 5.32 Å². The lowest BCUT2D eigenvalue weighted by Gasteiger charge is -2.52. The Hall–Kier alpha value is -0.380. The fourth-order valence-corrected chi connectivity index (χ4v) is 4.71. The van der Waals surface area contributed by atoms with Crippen LogP contribution in [0.2, 0.25) is 0 Å². The van der Waals surface area contributed by atoms with Crippen LogP contribution in [0.25, 0.3) is 0 Å². The van der Waals surface area contributed by atoms with Crippen LogP contribution in [0.5, 0.6) is 0 Å². The molecule has 0 amide bonds. The quantitative estimate of drug-likeness (QED) is 0.847. The third kappa shape index (κ3) is 3.06. The summed E-state index contributed by atoms with van der Waals surface area (Å²) in [5, 5.41) is 3.61. The van der Waals surface area contributed by atoms with Crippen LogP contribution in [0.15, 0.2) is 28.7 Å². The van der Waals surface area contributed by atoms with Crippen molar-refractivity contribution in [3.63, 3.8) is 0 Å². The standard InChI is InChI=1S/C18H26BrNO/c1-3-17(2)13-18(8-10-21-17)7-9-20-12-16(18)14-5-4-6-15(19)11-14/h4-6,11,16,20H,3,7-10,12-13H2,1-2H3. The van der Waals surface area contributed by atoms with E-state index in [0.29, 0.717) is 11.3 Å². The molecule has 2 fully saturated rings. The highest BCUT2D eigenvalue weighted by molar-refractivity contribution is 9.10. The molecule has 2 aliphatic rings. The second-order valence-electron chi connectivity index (χ2n) is 7.00. The van der Waals surface area contributed by atoms with E-state index in [1.54, 1.807) is 0 Å². The van der Waals surface area contributed by atoms with E-state index < -0.39 is 0 Å². The van der Waals surface area contributed by atoms with Crippen molar-refractivity contribution in [2.24, 2.45) is 5.41 Å². The van der Waals surface area contributed by atoms with Gasteiger partial charge in [-0.3, -0.25) is 0 Å². The molecule has 2 heterocycles. The van der Waals surface area contributed by atoms with Crippen LogP contribution in [-0.4, -0.2) is 25.3 Å². The summed E-state index contributed by atoms with van der Waals surface area (Å²) in [6.45, 7) is 7.71.